The largest absolute Gasteiger partial charge is 0.275 e. The highest BCUT2D eigenvalue weighted by atomic mass is 19.1. The normalized spacial score (nSPS) is 11.6. The van der Waals surface area contributed by atoms with Gasteiger partial charge in [-0.1, -0.05) is 0 Å². The van der Waals surface area contributed by atoms with Crippen molar-refractivity contribution in [2.45, 2.75) is 13.3 Å². The van der Waals surface area contributed by atoms with Gasteiger partial charge in [0, 0.05) is 54.0 Å². The van der Waals surface area contributed by atoms with E-state index in [1.165, 1.54) is 10.6 Å². The van der Waals surface area contributed by atoms with Crippen LogP contribution in [-0.4, -0.2) is 34.6 Å². The molecule has 0 aliphatic carbocycles. The highest BCUT2D eigenvalue weighted by molar-refractivity contribution is 5.84. The third-order valence-electron chi connectivity index (χ3n) is 4.81. The lowest BCUT2D eigenvalue weighted by atomic mass is 10.0. The fourth-order valence-corrected chi connectivity index (χ4v) is 3.32. The number of aryl methyl sites for hydroxylation is 2. The summed E-state index contributed by atoms with van der Waals surface area (Å²) in [5, 5.41) is 16.8. The van der Waals surface area contributed by atoms with Gasteiger partial charge in [-0.05, 0) is 25.1 Å². The van der Waals surface area contributed by atoms with Crippen molar-refractivity contribution >= 4 is 16.6 Å². The number of pyridine rings is 1. The van der Waals surface area contributed by atoms with E-state index in [9.17, 15) is 4.39 Å². The van der Waals surface area contributed by atoms with Crippen molar-refractivity contribution in [2.75, 3.05) is 0 Å². The maximum Gasteiger partial charge on any atom is 0.177 e. The molecule has 9 heteroatoms. The summed E-state index contributed by atoms with van der Waals surface area (Å²) in [6.07, 6.45) is 4.97. The average molecular weight is 391 g/mol. The summed E-state index contributed by atoms with van der Waals surface area (Å²) in [6, 6.07) is 6.46. The van der Waals surface area contributed by atoms with Crippen LogP contribution in [0.15, 0.2) is 42.9 Å². The van der Waals surface area contributed by atoms with Crippen LogP contribution in [-0.2, 0) is 13.5 Å². The third-order valence-corrected chi connectivity index (χ3v) is 4.81. The molecule has 0 unspecified atom stereocenters. The smallest absolute Gasteiger partial charge is 0.177 e. The van der Waals surface area contributed by atoms with Crippen molar-refractivity contribution < 1.29 is 8.78 Å². The van der Waals surface area contributed by atoms with Crippen LogP contribution in [0.25, 0.3) is 27.7 Å². The number of hydrogen-bond donors (Lipinski definition) is 0. The topological polar surface area (TPSA) is 73.8 Å². The van der Waals surface area contributed by atoms with Gasteiger partial charge in [-0.3, -0.25) is 9.67 Å². The minimum atomic E-state index is -0.680. The Bertz CT molecular complexity index is 1390. The third kappa shape index (κ3) is 2.91. The lowest BCUT2D eigenvalue weighted by Gasteiger charge is -2.09. The zero-order valence-corrected chi connectivity index (χ0v) is 15.6. The summed E-state index contributed by atoms with van der Waals surface area (Å²) in [7, 11) is 1.80. The highest BCUT2D eigenvalue weighted by Crippen LogP contribution is 2.28. The summed E-state index contributed by atoms with van der Waals surface area (Å²) >= 11 is 0. The summed E-state index contributed by atoms with van der Waals surface area (Å²) < 4.78 is 33.2. The summed E-state index contributed by atoms with van der Waals surface area (Å²) in [5.74, 6) is -0.985. The Morgan fingerprint density at radius 1 is 1.03 bits per heavy atom. The molecule has 144 valence electrons. The van der Waals surface area contributed by atoms with Crippen LogP contribution in [0.3, 0.4) is 0 Å². The monoisotopic (exact) mass is 391 g/mol. The highest BCUT2D eigenvalue weighted by Gasteiger charge is 2.19. The Labute approximate surface area is 163 Å². The van der Waals surface area contributed by atoms with Crippen LogP contribution in [0.4, 0.5) is 8.78 Å². The molecule has 29 heavy (non-hydrogen) atoms. The van der Waals surface area contributed by atoms with Gasteiger partial charge in [-0.15, -0.1) is 10.2 Å². The van der Waals surface area contributed by atoms with E-state index >= 15 is 4.39 Å². The lowest BCUT2D eigenvalue weighted by Crippen LogP contribution is -2.05. The number of rotatable bonds is 3. The molecular weight excluding hydrogens is 376 g/mol. The standard InChI is InChI=1S/C20H15F2N7/c1-11-3-4-18-25-26-19(29(18)27-11)6-14-16(21)7-17-15(20(14)22)5-12(8-23-17)13-9-24-28(2)10-13/h3-5,7-10H,6H2,1-2H3. The molecule has 0 saturated heterocycles. The molecule has 5 aromatic rings. The predicted molar refractivity (Wildman–Crippen MR) is 102 cm³/mol. The molecule has 0 bridgehead atoms. The number of hydrogen-bond acceptors (Lipinski definition) is 5. The number of aromatic nitrogens is 7. The summed E-state index contributed by atoms with van der Waals surface area (Å²) in [6.45, 7) is 1.83. The van der Waals surface area contributed by atoms with Crippen molar-refractivity contribution in [2.24, 2.45) is 7.05 Å². The van der Waals surface area contributed by atoms with Gasteiger partial charge in [0.05, 0.1) is 17.4 Å². The molecule has 1 aromatic carbocycles. The molecule has 0 aliphatic heterocycles. The average Bonchev–Trinajstić information content (AvgIpc) is 3.31. The maximum absolute atomic E-state index is 15.3. The van der Waals surface area contributed by atoms with Crippen LogP contribution in [0.2, 0.25) is 0 Å². The molecule has 0 saturated carbocycles. The fourth-order valence-electron chi connectivity index (χ4n) is 3.32. The first-order chi connectivity index (χ1) is 14.0. The Balaban J connectivity index is 1.63. The summed E-state index contributed by atoms with van der Waals surface area (Å²) in [4.78, 5) is 4.23. The lowest BCUT2D eigenvalue weighted by molar-refractivity contribution is 0.566. The molecule has 0 aliphatic rings. The SMILES string of the molecule is Cc1ccc2nnc(Cc3c(F)cc4ncc(-c5cnn(C)c5)cc4c3F)n2n1. The van der Waals surface area contributed by atoms with Gasteiger partial charge in [-0.2, -0.15) is 14.7 Å². The first-order valence-corrected chi connectivity index (χ1v) is 8.93. The minimum absolute atomic E-state index is 0.0810. The molecule has 4 heterocycles. The van der Waals surface area contributed by atoms with Crippen molar-refractivity contribution in [3.63, 3.8) is 0 Å². The molecule has 0 fully saturated rings. The van der Waals surface area contributed by atoms with Gasteiger partial charge in [0.1, 0.15) is 11.6 Å². The van der Waals surface area contributed by atoms with Gasteiger partial charge in [0.15, 0.2) is 11.5 Å². The van der Waals surface area contributed by atoms with Crippen LogP contribution < -0.4 is 0 Å². The van der Waals surface area contributed by atoms with Gasteiger partial charge >= 0.3 is 0 Å². The minimum Gasteiger partial charge on any atom is -0.275 e. The zero-order chi connectivity index (χ0) is 20.1. The molecule has 0 spiro atoms. The van der Waals surface area contributed by atoms with Crippen molar-refractivity contribution in [3.8, 4) is 11.1 Å². The first kappa shape index (κ1) is 17.4. The van der Waals surface area contributed by atoms with Gasteiger partial charge in [0.2, 0.25) is 0 Å². The molecule has 0 N–H and O–H groups in total. The molecule has 0 radical (unpaired) electrons. The number of benzene rings is 1. The van der Waals surface area contributed by atoms with E-state index in [4.69, 9.17) is 0 Å². The fraction of sp³-hybridized carbons (Fsp3) is 0.150. The second kappa shape index (κ2) is 6.40. The molecule has 4 aromatic heterocycles. The van der Waals surface area contributed by atoms with Crippen LogP contribution >= 0.6 is 0 Å². The molecule has 0 atom stereocenters. The van der Waals surface area contributed by atoms with E-state index in [0.717, 1.165) is 11.3 Å². The van der Waals surface area contributed by atoms with E-state index in [2.05, 4.69) is 25.4 Å². The second-order valence-electron chi connectivity index (χ2n) is 6.88. The predicted octanol–water partition coefficient (Wildman–Crippen LogP) is 3.25. The van der Waals surface area contributed by atoms with E-state index in [1.807, 2.05) is 13.1 Å². The number of nitrogens with zero attached hydrogens (tertiary/aromatic N) is 7. The second-order valence-corrected chi connectivity index (χ2v) is 6.88. The quantitative estimate of drug-likeness (QED) is 0.472. The van der Waals surface area contributed by atoms with Crippen LogP contribution in [0.5, 0.6) is 0 Å². The Morgan fingerprint density at radius 3 is 2.69 bits per heavy atom. The Kier molecular flexibility index (Phi) is 3.83. The molecule has 7 nitrogen and oxygen atoms in total. The number of fused-ring (bicyclic) bond motifs is 2. The number of halogens is 2. The van der Waals surface area contributed by atoms with Crippen molar-refractivity contribution in [1.29, 1.82) is 0 Å². The maximum atomic E-state index is 15.3. The molecule has 0 amide bonds. The van der Waals surface area contributed by atoms with Crippen LogP contribution in [0.1, 0.15) is 17.1 Å². The van der Waals surface area contributed by atoms with E-state index in [-0.39, 0.29) is 22.9 Å². The van der Waals surface area contributed by atoms with Gasteiger partial charge < -0.3 is 0 Å². The van der Waals surface area contributed by atoms with Crippen molar-refractivity contribution in [1.82, 2.24) is 34.6 Å². The Hall–Kier alpha value is -3.75. The van der Waals surface area contributed by atoms with E-state index < -0.39 is 11.6 Å². The van der Waals surface area contributed by atoms with E-state index in [0.29, 0.717) is 17.0 Å². The molecular formula is C20H15F2N7. The van der Waals surface area contributed by atoms with Gasteiger partial charge in [-0.25, -0.2) is 8.78 Å². The zero-order valence-electron chi connectivity index (χ0n) is 15.6. The molecule has 5 rings (SSSR count). The van der Waals surface area contributed by atoms with E-state index in [1.54, 1.807) is 42.3 Å². The summed E-state index contributed by atoms with van der Waals surface area (Å²) in [5.41, 5.74) is 2.93. The Morgan fingerprint density at radius 2 is 1.90 bits per heavy atom. The van der Waals surface area contributed by atoms with Crippen LogP contribution in [0, 0.1) is 18.6 Å². The van der Waals surface area contributed by atoms with Gasteiger partial charge in [0.25, 0.3) is 0 Å². The first-order valence-electron chi connectivity index (χ1n) is 8.93. The van der Waals surface area contributed by atoms with Crippen molar-refractivity contribution in [3.05, 3.63) is 71.6 Å².